The van der Waals surface area contributed by atoms with Crippen LogP contribution in [0.25, 0.3) is 0 Å². The first-order valence-corrected chi connectivity index (χ1v) is 12.5. The lowest BCUT2D eigenvalue weighted by Crippen LogP contribution is -2.06. The minimum atomic E-state index is 0.105. The van der Waals surface area contributed by atoms with E-state index in [-0.39, 0.29) is 5.78 Å². The monoisotopic (exact) mass is 422 g/mol. The van der Waals surface area contributed by atoms with Crippen LogP contribution in [0, 0.1) is 0 Å². The highest BCUT2D eigenvalue weighted by Crippen LogP contribution is 2.23. The van der Waals surface area contributed by atoms with Crippen molar-refractivity contribution in [1.29, 1.82) is 0 Å². The molecule has 170 valence electrons. The summed E-state index contributed by atoms with van der Waals surface area (Å²) >= 11 is 0. The van der Waals surface area contributed by atoms with Crippen molar-refractivity contribution >= 4 is 5.78 Å². The summed E-state index contributed by atoms with van der Waals surface area (Å²) in [7, 11) is 1.68. The zero-order chi connectivity index (χ0) is 22.2. The number of carbonyl (C=O) groups is 1. The Kier molecular flexibility index (Phi) is 12.7. The van der Waals surface area contributed by atoms with Crippen molar-refractivity contribution in [2.75, 3.05) is 7.11 Å². The highest BCUT2D eigenvalue weighted by atomic mass is 16.5. The van der Waals surface area contributed by atoms with Gasteiger partial charge in [-0.1, -0.05) is 114 Å². The Morgan fingerprint density at radius 1 is 0.710 bits per heavy atom. The Labute approximate surface area is 190 Å². The number of carbonyl (C=O) groups excluding carboxylic acids is 1. The number of ether oxygens (including phenoxy) is 1. The lowest BCUT2D eigenvalue weighted by Gasteiger charge is -2.11. The second-order valence-corrected chi connectivity index (χ2v) is 8.71. The van der Waals surface area contributed by atoms with Gasteiger partial charge in [-0.15, -0.1) is 0 Å². The maximum Gasteiger partial charge on any atom is 0.193 e. The van der Waals surface area contributed by atoms with Crippen molar-refractivity contribution in [2.24, 2.45) is 0 Å². The lowest BCUT2D eigenvalue weighted by molar-refractivity contribution is 0.103. The first-order valence-electron chi connectivity index (χ1n) is 12.5. The molecule has 2 aromatic carbocycles. The molecule has 31 heavy (non-hydrogen) atoms. The molecule has 0 radical (unpaired) electrons. The van der Waals surface area contributed by atoms with E-state index in [1.54, 1.807) is 7.11 Å². The first kappa shape index (κ1) is 25.2. The number of ketones is 1. The molecule has 0 unspecified atom stereocenters. The van der Waals surface area contributed by atoms with Gasteiger partial charge in [-0.25, -0.2) is 0 Å². The summed E-state index contributed by atoms with van der Waals surface area (Å²) in [5, 5.41) is 0. The van der Waals surface area contributed by atoms with Crippen molar-refractivity contribution in [1.82, 2.24) is 0 Å². The van der Waals surface area contributed by atoms with E-state index in [1.807, 2.05) is 48.5 Å². The number of unbranched alkanes of at least 4 members (excludes halogenated alkanes) is 12. The van der Waals surface area contributed by atoms with Gasteiger partial charge in [-0.2, -0.15) is 0 Å². The van der Waals surface area contributed by atoms with Crippen LogP contribution in [0.1, 0.15) is 112 Å². The second-order valence-electron chi connectivity index (χ2n) is 8.71. The van der Waals surface area contributed by atoms with Crippen LogP contribution in [-0.4, -0.2) is 12.9 Å². The smallest absolute Gasteiger partial charge is 0.193 e. The Morgan fingerprint density at radius 3 is 1.81 bits per heavy atom. The van der Waals surface area contributed by atoms with Crippen LogP contribution in [0.3, 0.4) is 0 Å². The van der Waals surface area contributed by atoms with Crippen LogP contribution in [-0.2, 0) is 6.42 Å². The van der Waals surface area contributed by atoms with Gasteiger partial charge in [0.15, 0.2) is 5.78 Å². The standard InChI is InChI=1S/C29H42O2/c1-3-4-5-6-7-8-9-10-11-12-13-14-16-21-26-24-27(31-2)22-23-28(26)29(30)25-19-17-15-18-20-25/h15,17-20,22-24H,3-14,16,21H2,1-2H3. The van der Waals surface area contributed by atoms with E-state index in [4.69, 9.17) is 4.74 Å². The summed E-state index contributed by atoms with van der Waals surface area (Å²) in [5.74, 6) is 0.933. The Hall–Kier alpha value is -2.09. The Morgan fingerprint density at radius 2 is 1.26 bits per heavy atom. The van der Waals surface area contributed by atoms with Crippen molar-refractivity contribution in [2.45, 2.75) is 96.8 Å². The van der Waals surface area contributed by atoms with Gasteiger partial charge in [0.25, 0.3) is 0 Å². The van der Waals surface area contributed by atoms with Gasteiger partial charge in [0.05, 0.1) is 7.11 Å². The maximum absolute atomic E-state index is 13.0. The van der Waals surface area contributed by atoms with Crippen molar-refractivity contribution < 1.29 is 9.53 Å². The Bertz CT molecular complexity index is 736. The normalized spacial score (nSPS) is 10.9. The van der Waals surface area contributed by atoms with E-state index in [9.17, 15) is 4.79 Å². The molecule has 0 aliphatic rings. The number of hydrogen-bond donors (Lipinski definition) is 0. The minimum absolute atomic E-state index is 0.105. The molecule has 2 nitrogen and oxygen atoms in total. The molecular formula is C29H42O2. The van der Waals surface area contributed by atoms with Crippen LogP contribution in [0.5, 0.6) is 5.75 Å². The molecule has 0 heterocycles. The SMILES string of the molecule is CCCCCCCCCCCCCCCc1cc(OC)ccc1C(=O)c1ccccc1. The molecule has 2 rings (SSSR count). The third kappa shape index (κ3) is 9.72. The topological polar surface area (TPSA) is 26.3 Å². The number of benzene rings is 2. The third-order valence-electron chi connectivity index (χ3n) is 6.14. The molecule has 0 aliphatic carbocycles. The van der Waals surface area contributed by atoms with Crippen molar-refractivity contribution in [3.8, 4) is 5.75 Å². The van der Waals surface area contributed by atoms with E-state index in [2.05, 4.69) is 6.92 Å². The summed E-state index contributed by atoms with van der Waals surface area (Å²) in [5.41, 5.74) is 2.67. The number of hydrogen-bond acceptors (Lipinski definition) is 2. The summed E-state index contributed by atoms with van der Waals surface area (Å²) in [6.45, 7) is 2.28. The Balaban J connectivity index is 1.68. The largest absolute Gasteiger partial charge is 0.497 e. The summed E-state index contributed by atoms with van der Waals surface area (Å²) in [6, 6.07) is 15.4. The predicted octanol–water partition coefficient (Wildman–Crippen LogP) is 8.56. The fourth-order valence-corrected chi connectivity index (χ4v) is 4.20. The quantitative estimate of drug-likeness (QED) is 0.188. The first-order chi connectivity index (χ1) is 15.3. The van der Waals surface area contributed by atoms with Gasteiger partial charge in [0.1, 0.15) is 5.75 Å². The molecule has 2 aromatic rings. The molecule has 0 amide bonds. The average molecular weight is 423 g/mol. The molecule has 2 heteroatoms. The van der Waals surface area contributed by atoms with E-state index >= 15 is 0 Å². The van der Waals surface area contributed by atoms with Crippen molar-refractivity contribution in [3.63, 3.8) is 0 Å². The van der Waals surface area contributed by atoms with E-state index in [1.165, 1.54) is 77.0 Å². The highest BCUT2D eigenvalue weighted by Gasteiger charge is 2.14. The van der Waals surface area contributed by atoms with Crippen LogP contribution in [0.4, 0.5) is 0 Å². The van der Waals surface area contributed by atoms with E-state index < -0.39 is 0 Å². The van der Waals surface area contributed by atoms with Gasteiger partial charge >= 0.3 is 0 Å². The molecule has 0 aliphatic heterocycles. The molecule has 0 aromatic heterocycles. The van der Waals surface area contributed by atoms with Gasteiger partial charge in [0, 0.05) is 11.1 Å². The van der Waals surface area contributed by atoms with Gasteiger partial charge in [-0.05, 0) is 36.6 Å². The van der Waals surface area contributed by atoms with Crippen LogP contribution in [0.15, 0.2) is 48.5 Å². The molecule has 0 saturated carbocycles. The maximum atomic E-state index is 13.0. The van der Waals surface area contributed by atoms with Gasteiger partial charge in [-0.3, -0.25) is 4.79 Å². The number of aryl methyl sites for hydroxylation is 1. The molecule has 0 bridgehead atoms. The minimum Gasteiger partial charge on any atom is -0.497 e. The molecular weight excluding hydrogens is 380 g/mol. The zero-order valence-corrected chi connectivity index (χ0v) is 19.8. The van der Waals surface area contributed by atoms with Gasteiger partial charge in [0.2, 0.25) is 0 Å². The lowest BCUT2D eigenvalue weighted by atomic mass is 9.94. The second kappa shape index (κ2) is 15.7. The predicted molar refractivity (Wildman–Crippen MR) is 132 cm³/mol. The van der Waals surface area contributed by atoms with Crippen LogP contribution in [0.2, 0.25) is 0 Å². The third-order valence-corrected chi connectivity index (χ3v) is 6.14. The molecule has 0 atom stereocenters. The summed E-state index contributed by atoms with van der Waals surface area (Å²) < 4.78 is 5.40. The molecule has 0 fully saturated rings. The molecule has 0 N–H and O–H groups in total. The van der Waals surface area contributed by atoms with E-state index in [0.29, 0.717) is 0 Å². The summed E-state index contributed by atoms with van der Waals surface area (Å²) in [6.07, 6.45) is 18.5. The molecule has 0 spiro atoms. The van der Waals surface area contributed by atoms with Gasteiger partial charge < -0.3 is 4.74 Å². The average Bonchev–Trinajstić information content (AvgIpc) is 2.82. The number of methoxy groups -OCH3 is 1. The van der Waals surface area contributed by atoms with Crippen LogP contribution < -0.4 is 4.74 Å². The summed E-state index contributed by atoms with van der Waals surface area (Å²) in [4.78, 5) is 13.0. The van der Waals surface area contributed by atoms with Crippen molar-refractivity contribution in [3.05, 3.63) is 65.2 Å². The highest BCUT2D eigenvalue weighted by molar-refractivity contribution is 6.10. The van der Waals surface area contributed by atoms with Crippen LogP contribution >= 0.6 is 0 Å². The number of rotatable bonds is 17. The fraction of sp³-hybridized carbons (Fsp3) is 0.552. The van der Waals surface area contributed by atoms with E-state index in [0.717, 1.165) is 35.3 Å². The fourth-order valence-electron chi connectivity index (χ4n) is 4.20. The zero-order valence-electron chi connectivity index (χ0n) is 19.8. The molecule has 0 saturated heterocycles.